The van der Waals surface area contributed by atoms with Gasteiger partial charge in [0.05, 0.1) is 0 Å². The van der Waals surface area contributed by atoms with Gasteiger partial charge in [0.1, 0.15) is 0 Å². The van der Waals surface area contributed by atoms with Crippen LogP contribution in [0.2, 0.25) is 0 Å². The molecule has 70 valence electrons. The highest BCUT2D eigenvalue weighted by atomic mass is 16.1. The molecule has 2 aliphatic carbocycles. The molecule has 0 aromatic carbocycles. The molecule has 0 aromatic heterocycles. The lowest BCUT2D eigenvalue weighted by Gasteiger charge is -2.28. The summed E-state index contributed by atoms with van der Waals surface area (Å²) in [7, 11) is 0. The summed E-state index contributed by atoms with van der Waals surface area (Å²) in [6, 6.07) is 0. The Morgan fingerprint density at radius 2 is 2.08 bits per heavy atom. The Hall–Kier alpha value is -0.850. The van der Waals surface area contributed by atoms with Gasteiger partial charge in [0, 0.05) is 6.42 Å². The standard InChI is InChI=1S/C12H16O/c1-3-11(13)8-12(2)9-4-5-10(12)7-6-9/h3-5,9-10H,1,6-8H2,2H3. The Morgan fingerprint density at radius 3 is 2.46 bits per heavy atom. The molecular formula is C12H16O. The number of carbonyl (C=O) groups excluding carboxylic acids is 1. The predicted octanol–water partition coefficient (Wildman–Crippen LogP) is 2.73. The second-order valence-electron chi connectivity index (χ2n) is 4.53. The minimum atomic E-state index is 0.197. The Bertz CT molecular complexity index is 261. The fraction of sp³-hybridized carbons (Fsp3) is 0.583. The molecule has 13 heavy (non-hydrogen) atoms. The van der Waals surface area contributed by atoms with Gasteiger partial charge in [-0.25, -0.2) is 0 Å². The van der Waals surface area contributed by atoms with Crippen LogP contribution in [-0.2, 0) is 4.79 Å². The maximum atomic E-state index is 11.3. The van der Waals surface area contributed by atoms with Crippen molar-refractivity contribution in [2.75, 3.05) is 0 Å². The Morgan fingerprint density at radius 1 is 1.54 bits per heavy atom. The summed E-state index contributed by atoms with van der Waals surface area (Å²) in [4.78, 5) is 11.3. The maximum Gasteiger partial charge on any atom is 0.155 e. The predicted molar refractivity (Wildman–Crippen MR) is 53.3 cm³/mol. The number of carbonyl (C=O) groups is 1. The van der Waals surface area contributed by atoms with Crippen molar-refractivity contribution in [1.29, 1.82) is 0 Å². The molecular weight excluding hydrogens is 160 g/mol. The molecule has 0 heterocycles. The van der Waals surface area contributed by atoms with Crippen LogP contribution in [0.4, 0.5) is 0 Å². The second kappa shape index (κ2) is 2.83. The molecule has 0 spiro atoms. The summed E-state index contributed by atoms with van der Waals surface area (Å²) in [5, 5.41) is 0. The first-order valence-corrected chi connectivity index (χ1v) is 5.00. The van der Waals surface area contributed by atoms with E-state index in [1.54, 1.807) is 0 Å². The summed E-state index contributed by atoms with van der Waals surface area (Å²) in [5.41, 5.74) is 0.214. The van der Waals surface area contributed by atoms with Crippen molar-refractivity contribution in [3.63, 3.8) is 0 Å². The summed E-state index contributed by atoms with van der Waals surface area (Å²) in [6.45, 7) is 5.78. The van der Waals surface area contributed by atoms with Crippen LogP contribution in [-0.4, -0.2) is 5.78 Å². The van der Waals surface area contributed by atoms with Gasteiger partial charge in [0.2, 0.25) is 0 Å². The molecule has 2 rings (SSSR count). The van der Waals surface area contributed by atoms with Gasteiger partial charge in [-0.05, 0) is 36.2 Å². The van der Waals surface area contributed by atoms with E-state index in [0.29, 0.717) is 18.3 Å². The van der Waals surface area contributed by atoms with E-state index >= 15 is 0 Å². The summed E-state index contributed by atoms with van der Waals surface area (Å²) >= 11 is 0. The van der Waals surface area contributed by atoms with E-state index in [4.69, 9.17) is 0 Å². The molecule has 1 fully saturated rings. The lowest BCUT2D eigenvalue weighted by atomic mass is 9.74. The van der Waals surface area contributed by atoms with Crippen molar-refractivity contribution in [2.24, 2.45) is 17.3 Å². The molecule has 2 bridgehead atoms. The molecule has 2 aliphatic rings. The first-order chi connectivity index (χ1) is 6.16. The molecule has 2 atom stereocenters. The zero-order valence-corrected chi connectivity index (χ0v) is 8.12. The van der Waals surface area contributed by atoms with Gasteiger partial charge >= 0.3 is 0 Å². The molecule has 0 aromatic rings. The third-order valence-electron chi connectivity index (χ3n) is 3.84. The molecule has 0 aliphatic heterocycles. The van der Waals surface area contributed by atoms with Crippen molar-refractivity contribution >= 4 is 5.78 Å². The number of ketones is 1. The van der Waals surface area contributed by atoms with E-state index in [2.05, 4.69) is 25.7 Å². The third kappa shape index (κ3) is 1.18. The van der Waals surface area contributed by atoms with Gasteiger partial charge in [-0.1, -0.05) is 25.7 Å². The van der Waals surface area contributed by atoms with E-state index in [1.807, 2.05) is 0 Å². The highest BCUT2D eigenvalue weighted by Crippen LogP contribution is 2.55. The second-order valence-corrected chi connectivity index (χ2v) is 4.53. The number of rotatable bonds is 3. The number of hydrogen-bond acceptors (Lipinski definition) is 1. The van der Waals surface area contributed by atoms with E-state index in [0.717, 1.165) is 0 Å². The number of fused-ring (bicyclic) bond motifs is 2. The van der Waals surface area contributed by atoms with Crippen LogP contribution in [0, 0.1) is 17.3 Å². The molecule has 2 unspecified atom stereocenters. The normalized spacial score (nSPS) is 41.0. The van der Waals surface area contributed by atoms with Gasteiger partial charge in [-0.2, -0.15) is 0 Å². The van der Waals surface area contributed by atoms with E-state index in [1.165, 1.54) is 18.9 Å². The number of hydrogen-bond donors (Lipinski definition) is 0. The zero-order valence-electron chi connectivity index (χ0n) is 8.12. The third-order valence-corrected chi connectivity index (χ3v) is 3.84. The average Bonchev–Trinajstić information content (AvgIpc) is 2.59. The maximum absolute atomic E-state index is 11.3. The van der Waals surface area contributed by atoms with Crippen LogP contribution >= 0.6 is 0 Å². The largest absolute Gasteiger partial charge is 0.295 e. The van der Waals surface area contributed by atoms with Crippen LogP contribution in [0.1, 0.15) is 26.2 Å². The minimum absolute atomic E-state index is 0.197. The topological polar surface area (TPSA) is 17.1 Å². The van der Waals surface area contributed by atoms with Crippen LogP contribution in [0.25, 0.3) is 0 Å². The van der Waals surface area contributed by atoms with Crippen molar-refractivity contribution < 1.29 is 4.79 Å². The first kappa shape index (κ1) is 8.74. The SMILES string of the molecule is C=CC(=O)CC1(C)C2C=CC1CC2. The van der Waals surface area contributed by atoms with Gasteiger partial charge in [-0.15, -0.1) is 0 Å². The van der Waals surface area contributed by atoms with Crippen molar-refractivity contribution in [1.82, 2.24) is 0 Å². The molecule has 1 nitrogen and oxygen atoms in total. The molecule has 0 amide bonds. The average molecular weight is 176 g/mol. The number of allylic oxidation sites excluding steroid dienone is 3. The van der Waals surface area contributed by atoms with E-state index in [9.17, 15) is 4.79 Å². The van der Waals surface area contributed by atoms with Gasteiger partial charge in [0.25, 0.3) is 0 Å². The highest BCUT2D eigenvalue weighted by Gasteiger charge is 2.48. The summed E-state index contributed by atoms with van der Waals surface area (Å²) in [5.74, 6) is 1.48. The molecule has 0 radical (unpaired) electrons. The van der Waals surface area contributed by atoms with Crippen LogP contribution in [0.15, 0.2) is 24.8 Å². The Kier molecular flexibility index (Phi) is 1.90. The van der Waals surface area contributed by atoms with Crippen molar-refractivity contribution in [3.8, 4) is 0 Å². The summed E-state index contributed by atoms with van der Waals surface area (Å²) in [6.07, 6.45) is 9.26. The lowest BCUT2D eigenvalue weighted by molar-refractivity contribution is -0.117. The van der Waals surface area contributed by atoms with Gasteiger partial charge in [0.15, 0.2) is 5.78 Å². The Balaban J connectivity index is 2.14. The molecule has 0 saturated heterocycles. The van der Waals surface area contributed by atoms with Crippen LogP contribution in [0.5, 0.6) is 0 Å². The van der Waals surface area contributed by atoms with Gasteiger partial charge in [-0.3, -0.25) is 4.79 Å². The minimum Gasteiger partial charge on any atom is -0.295 e. The zero-order chi connectivity index (χ0) is 9.47. The monoisotopic (exact) mass is 176 g/mol. The van der Waals surface area contributed by atoms with E-state index < -0.39 is 0 Å². The Labute approximate surface area is 79.5 Å². The summed E-state index contributed by atoms with van der Waals surface area (Å²) < 4.78 is 0. The van der Waals surface area contributed by atoms with Gasteiger partial charge < -0.3 is 0 Å². The fourth-order valence-electron chi connectivity index (χ4n) is 2.90. The smallest absolute Gasteiger partial charge is 0.155 e. The molecule has 1 heteroatoms. The van der Waals surface area contributed by atoms with Crippen molar-refractivity contribution in [2.45, 2.75) is 26.2 Å². The molecule has 1 saturated carbocycles. The van der Waals surface area contributed by atoms with Crippen LogP contribution in [0.3, 0.4) is 0 Å². The fourth-order valence-corrected chi connectivity index (χ4v) is 2.90. The van der Waals surface area contributed by atoms with Crippen LogP contribution < -0.4 is 0 Å². The van der Waals surface area contributed by atoms with E-state index in [-0.39, 0.29) is 11.2 Å². The highest BCUT2D eigenvalue weighted by molar-refractivity contribution is 5.89. The van der Waals surface area contributed by atoms with Crippen molar-refractivity contribution in [3.05, 3.63) is 24.8 Å². The molecule has 0 N–H and O–H groups in total. The lowest BCUT2D eigenvalue weighted by Crippen LogP contribution is -2.25. The quantitative estimate of drug-likeness (QED) is 0.477. The first-order valence-electron chi connectivity index (χ1n) is 5.00.